The molecule has 19 heavy (non-hydrogen) atoms. The van der Waals surface area contributed by atoms with Crippen molar-refractivity contribution in [3.05, 3.63) is 18.5 Å². The molecule has 1 amide bonds. The van der Waals surface area contributed by atoms with Crippen molar-refractivity contribution < 1.29 is 4.79 Å². The van der Waals surface area contributed by atoms with Gasteiger partial charge >= 0.3 is 0 Å². The Labute approximate surface area is 115 Å². The lowest BCUT2D eigenvalue weighted by atomic mass is 9.96. The first-order valence-corrected chi connectivity index (χ1v) is 7.54. The van der Waals surface area contributed by atoms with Crippen LogP contribution in [0.15, 0.2) is 18.5 Å². The third kappa shape index (κ3) is 4.37. The van der Waals surface area contributed by atoms with Gasteiger partial charge in [-0.25, -0.2) is 0 Å². The lowest BCUT2D eigenvalue weighted by Gasteiger charge is -2.20. The molecule has 0 N–H and O–H groups in total. The standard InChI is InChI=1S/C15H25N3O/c1-2-5-14-6-3-10-17(12-7-14)15(19)8-13-18-11-4-9-16-18/h4,9,11,14H,2-3,5-8,10,12-13H2,1H3/t14-/m1/s1. The maximum atomic E-state index is 12.2. The molecule has 0 bridgehead atoms. The molecule has 4 nitrogen and oxygen atoms in total. The van der Waals surface area contributed by atoms with Crippen molar-refractivity contribution in [1.82, 2.24) is 14.7 Å². The maximum Gasteiger partial charge on any atom is 0.224 e. The van der Waals surface area contributed by atoms with Gasteiger partial charge in [0.05, 0.1) is 0 Å². The zero-order valence-corrected chi connectivity index (χ0v) is 11.9. The molecule has 1 aliphatic heterocycles. The van der Waals surface area contributed by atoms with Crippen LogP contribution in [0.1, 0.15) is 45.4 Å². The second-order valence-corrected chi connectivity index (χ2v) is 5.49. The third-order valence-electron chi connectivity index (χ3n) is 4.01. The number of carbonyl (C=O) groups excluding carboxylic acids is 1. The van der Waals surface area contributed by atoms with Crippen molar-refractivity contribution in [2.24, 2.45) is 5.92 Å². The highest BCUT2D eigenvalue weighted by Crippen LogP contribution is 2.22. The van der Waals surface area contributed by atoms with Crippen molar-refractivity contribution in [3.63, 3.8) is 0 Å². The molecular weight excluding hydrogens is 238 g/mol. The fourth-order valence-corrected chi connectivity index (χ4v) is 2.91. The van der Waals surface area contributed by atoms with Crippen molar-refractivity contribution in [2.45, 2.75) is 52.0 Å². The van der Waals surface area contributed by atoms with E-state index in [1.807, 2.05) is 16.9 Å². The van der Waals surface area contributed by atoms with E-state index in [-0.39, 0.29) is 5.91 Å². The van der Waals surface area contributed by atoms with Crippen LogP contribution in [0.4, 0.5) is 0 Å². The van der Waals surface area contributed by atoms with E-state index in [2.05, 4.69) is 16.9 Å². The molecule has 0 aromatic carbocycles. The molecule has 0 radical (unpaired) electrons. The van der Waals surface area contributed by atoms with Gasteiger partial charge in [0.2, 0.25) is 5.91 Å². The van der Waals surface area contributed by atoms with Gasteiger partial charge < -0.3 is 4.90 Å². The van der Waals surface area contributed by atoms with Gasteiger partial charge in [0.25, 0.3) is 0 Å². The van der Waals surface area contributed by atoms with E-state index in [1.54, 1.807) is 6.20 Å². The van der Waals surface area contributed by atoms with Crippen LogP contribution in [0.3, 0.4) is 0 Å². The second-order valence-electron chi connectivity index (χ2n) is 5.49. The molecule has 1 fully saturated rings. The van der Waals surface area contributed by atoms with Gasteiger partial charge in [0, 0.05) is 38.4 Å². The van der Waals surface area contributed by atoms with Crippen LogP contribution in [0.25, 0.3) is 0 Å². The van der Waals surface area contributed by atoms with Crippen molar-refractivity contribution in [2.75, 3.05) is 13.1 Å². The third-order valence-corrected chi connectivity index (χ3v) is 4.01. The Morgan fingerprint density at radius 1 is 1.37 bits per heavy atom. The van der Waals surface area contributed by atoms with Gasteiger partial charge in [-0.05, 0) is 31.2 Å². The number of hydrogen-bond donors (Lipinski definition) is 0. The van der Waals surface area contributed by atoms with Crippen LogP contribution >= 0.6 is 0 Å². The molecule has 0 unspecified atom stereocenters. The molecule has 2 rings (SSSR count). The van der Waals surface area contributed by atoms with Crippen LogP contribution in [0.2, 0.25) is 0 Å². The average molecular weight is 263 g/mol. The van der Waals surface area contributed by atoms with Crippen LogP contribution < -0.4 is 0 Å². The number of aryl methyl sites for hydroxylation is 1. The quantitative estimate of drug-likeness (QED) is 0.819. The van der Waals surface area contributed by atoms with E-state index in [4.69, 9.17) is 0 Å². The van der Waals surface area contributed by atoms with E-state index < -0.39 is 0 Å². The lowest BCUT2D eigenvalue weighted by molar-refractivity contribution is -0.131. The van der Waals surface area contributed by atoms with Gasteiger partial charge in [-0.15, -0.1) is 0 Å². The first-order valence-electron chi connectivity index (χ1n) is 7.54. The molecule has 4 heteroatoms. The number of nitrogens with zero attached hydrogens (tertiary/aromatic N) is 3. The Kier molecular flexibility index (Phi) is 5.43. The first-order chi connectivity index (χ1) is 9.29. The normalized spacial score (nSPS) is 20.3. The monoisotopic (exact) mass is 263 g/mol. The zero-order chi connectivity index (χ0) is 13.5. The Bertz CT molecular complexity index is 375. The maximum absolute atomic E-state index is 12.2. The number of amides is 1. The molecule has 1 aliphatic rings. The molecular formula is C15H25N3O. The fraction of sp³-hybridized carbons (Fsp3) is 0.733. The molecule has 1 aromatic rings. The van der Waals surface area contributed by atoms with Crippen LogP contribution in [-0.2, 0) is 11.3 Å². The smallest absolute Gasteiger partial charge is 0.224 e. The van der Waals surface area contributed by atoms with E-state index in [9.17, 15) is 4.79 Å². The highest BCUT2D eigenvalue weighted by atomic mass is 16.2. The molecule has 0 spiro atoms. The number of likely N-dealkylation sites (tertiary alicyclic amines) is 1. The Morgan fingerprint density at radius 2 is 2.26 bits per heavy atom. The molecule has 0 aliphatic carbocycles. The predicted octanol–water partition coefficient (Wildman–Crippen LogP) is 2.70. The van der Waals surface area contributed by atoms with Gasteiger partial charge in [0.1, 0.15) is 0 Å². The summed E-state index contributed by atoms with van der Waals surface area (Å²) in [7, 11) is 0. The summed E-state index contributed by atoms with van der Waals surface area (Å²) >= 11 is 0. The second kappa shape index (κ2) is 7.31. The molecule has 0 saturated carbocycles. The summed E-state index contributed by atoms with van der Waals surface area (Å²) < 4.78 is 1.83. The Morgan fingerprint density at radius 3 is 3.00 bits per heavy atom. The number of rotatable bonds is 5. The van der Waals surface area contributed by atoms with Crippen LogP contribution in [-0.4, -0.2) is 33.7 Å². The number of aromatic nitrogens is 2. The van der Waals surface area contributed by atoms with E-state index in [0.29, 0.717) is 13.0 Å². The number of hydrogen-bond acceptors (Lipinski definition) is 2. The molecule has 1 saturated heterocycles. The minimum Gasteiger partial charge on any atom is -0.343 e. The fourth-order valence-electron chi connectivity index (χ4n) is 2.91. The molecule has 1 atom stereocenters. The Hall–Kier alpha value is -1.32. The van der Waals surface area contributed by atoms with E-state index >= 15 is 0 Å². The molecule has 106 valence electrons. The van der Waals surface area contributed by atoms with Crippen molar-refractivity contribution >= 4 is 5.91 Å². The average Bonchev–Trinajstić information content (AvgIpc) is 2.82. The van der Waals surface area contributed by atoms with E-state index in [1.165, 1.54) is 25.7 Å². The molecule has 2 heterocycles. The van der Waals surface area contributed by atoms with E-state index in [0.717, 1.165) is 25.4 Å². The van der Waals surface area contributed by atoms with Crippen LogP contribution in [0.5, 0.6) is 0 Å². The lowest BCUT2D eigenvalue weighted by Crippen LogP contribution is -2.32. The summed E-state index contributed by atoms with van der Waals surface area (Å²) in [6.45, 7) is 4.83. The highest BCUT2D eigenvalue weighted by Gasteiger charge is 2.19. The largest absolute Gasteiger partial charge is 0.343 e. The summed E-state index contributed by atoms with van der Waals surface area (Å²) in [5, 5.41) is 4.13. The topological polar surface area (TPSA) is 38.1 Å². The molecule has 1 aromatic heterocycles. The summed E-state index contributed by atoms with van der Waals surface area (Å²) in [4.78, 5) is 14.3. The van der Waals surface area contributed by atoms with Crippen LogP contribution in [0, 0.1) is 5.92 Å². The van der Waals surface area contributed by atoms with Gasteiger partial charge in [-0.1, -0.05) is 19.8 Å². The predicted molar refractivity (Wildman–Crippen MR) is 75.7 cm³/mol. The van der Waals surface area contributed by atoms with Gasteiger partial charge in [-0.3, -0.25) is 9.48 Å². The summed E-state index contributed by atoms with van der Waals surface area (Å²) in [5.74, 6) is 1.11. The zero-order valence-electron chi connectivity index (χ0n) is 11.9. The SMILES string of the molecule is CCC[C@@H]1CCCN(C(=O)CCn2cccn2)CC1. The summed E-state index contributed by atoms with van der Waals surface area (Å²) in [6.07, 6.45) is 10.4. The first kappa shape index (κ1) is 14.1. The van der Waals surface area contributed by atoms with Gasteiger partial charge in [0.15, 0.2) is 0 Å². The van der Waals surface area contributed by atoms with Crippen molar-refractivity contribution in [1.29, 1.82) is 0 Å². The minimum atomic E-state index is 0.285. The summed E-state index contributed by atoms with van der Waals surface area (Å²) in [6, 6.07) is 1.89. The summed E-state index contributed by atoms with van der Waals surface area (Å²) in [5.41, 5.74) is 0. The van der Waals surface area contributed by atoms with Crippen molar-refractivity contribution in [3.8, 4) is 0 Å². The number of carbonyl (C=O) groups is 1. The highest BCUT2D eigenvalue weighted by molar-refractivity contribution is 5.76. The van der Waals surface area contributed by atoms with Gasteiger partial charge in [-0.2, -0.15) is 5.10 Å². The minimum absolute atomic E-state index is 0.285. The Balaban J connectivity index is 1.76.